The summed E-state index contributed by atoms with van der Waals surface area (Å²) >= 11 is 0. The second-order valence-corrected chi connectivity index (χ2v) is 4.03. The van der Waals surface area contributed by atoms with Crippen molar-refractivity contribution in [1.29, 1.82) is 0 Å². The number of rotatable bonds is 6. The van der Waals surface area contributed by atoms with Crippen molar-refractivity contribution in [2.75, 3.05) is 13.2 Å². The molecule has 4 nitrogen and oxygen atoms in total. The molecule has 0 aliphatic rings. The molecule has 0 radical (unpaired) electrons. The molecule has 0 spiro atoms. The van der Waals surface area contributed by atoms with Crippen LogP contribution in [-0.2, 0) is 6.54 Å². The summed E-state index contributed by atoms with van der Waals surface area (Å²) < 4.78 is 7.26. The molecule has 0 bridgehead atoms. The van der Waals surface area contributed by atoms with E-state index in [1.54, 1.807) is 0 Å². The van der Waals surface area contributed by atoms with Crippen LogP contribution in [0.5, 0.6) is 5.75 Å². The molecule has 2 aromatic rings. The highest BCUT2D eigenvalue weighted by atomic mass is 16.5. The summed E-state index contributed by atoms with van der Waals surface area (Å²) in [6, 6.07) is 7.98. The van der Waals surface area contributed by atoms with E-state index in [1.807, 2.05) is 48.3 Å². The first kappa shape index (κ1) is 12.6. The first-order chi connectivity index (χ1) is 8.83. The van der Waals surface area contributed by atoms with Crippen molar-refractivity contribution in [3.63, 3.8) is 0 Å². The molecule has 0 saturated heterocycles. The normalized spacial score (nSPS) is 10.6. The standard InChI is InChI=1S/C14H18N2O2/c1-2-18-14-6-4-12(5-7-14)13-10-15-16(11-13)8-3-9-17/h4-7,10-11,17H,2-3,8-9H2,1H3. The maximum absolute atomic E-state index is 8.78. The maximum atomic E-state index is 8.78. The van der Waals surface area contributed by atoms with Gasteiger partial charge in [-0.3, -0.25) is 4.68 Å². The van der Waals surface area contributed by atoms with Gasteiger partial charge in [0.05, 0.1) is 12.8 Å². The van der Waals surface area contributed by atoms with Gasteiger partial charge in [0.2, 0.25) is 0 Å². The fourth-order valence-electron chi connectivity index (χ4n) is 1.78. The van der Waals surface area contributed by atoms with Crippen LogP contribution in [0.2, 0.25) is 0 Å². The molecule has 1 aromatic carbocycles. The number of hydrogen-bond donors (Lipinski definition) is 1. The van der Waals surface area contributed by atoms with Gasteiger partial charge in [-0.2, -0.15) is 5.10 Å². The van der Waals surface area contributed by atoms with Crippen LogP contribution in [0.4, 0.5) is 0 Å². The van der Waals surface area contributed by atoms with Crippen LogP contribution in [-0.4, -0.2) is 28.1 Å². The minimum Gasteiger partial charge on any atom is -0.494 e. The number of ether oxygens (including phenoxy) is 1. The third kappa shape index (κ3) is 3.11. The molecule has 96 valence electrons. The zero-order chi connectivity index (χ0) is 12.8. The Labute approximate surface area is 107 Å². The minimum absolute atomic E-state index is 0.193. The molecule has 0 aliphatic heterocycles. The van der Waals surface area contributed by atoms with E-state index in [1.165, 1.54) is 0 Å². The van der Waals surface area contributed by atoms with E-state index < -0.39 is 0 Å². The zero-order valence-electron chi connectivity index (χ0n) is 10.5. The smallest absolute Gasteiger partial charge is 0.119 e. The van der Waals surface area contributed by atoms with Crippen LogP contribution in [0.15, 0.2) is 36.7 Å². The molecule has 0 fully saturated rings. The van der Waals surface area contributed by atoms with E-state index in [0.29, 0.717) is 6.61 Å². The van der Waals surface area contributed by atoms with Gasteiger partial charge in [0, 0.05) is 24.9 Å². The molecule has 4 heteroatoms. The molecule has 1 heterocycles. The Morgan fingerprint density at radius 1 is 1.22 bits per heavy atom. The Morgan fingerprint density at radius 2 is 2.00 bits per heavy atom. The molecule has 0 unspecified atom stereocenters. The third-order valence-corrected chi connectivity index (χ3v) is 2.68. The van der Waals surface area contributed by atoms with Crippen LogP contribution >= 0.6 is 0 Å². The van der Waals surface area contributed by atoms with Gasteiger partial charge in [-0.25, -0.2) is 0 Å². The van der Waals surface area contributed by atoms with Gasteiger partial charge in [0.1, 0.15) is 5.75 Å². The van der Waals surface area contributed by atoms with E-state index in [-0.39, 0.29) is 6.61 Å². The van der Waals surface area contributed by atoms with E-state index in [4.69, 9.17) is 9.84 Å². The highest BCUT2D eigenvalue weighted by Gasteiger charge is 2.02. The molecule has 18 heavy (non-hydrogen) atoms. The summed E-state index contributed by atoms with van der Waals surface area (Å²) in [6.45, 7) is 3.59. The quantitative estimate of drug-likeness (QED) is 0.851. The van der Waals surface area contributed by atoms with Gasteiger partial charge >= 0.3 is 0 Å². The lowest BCUT2D eigenvalue weighted by molar-refractivity contribution is 0.277. The molecular weight excluding hydrogens is 228 g/mol. The second-order valence-electron chi connectivity index (χ2n) is 4.03. The zero-order valence-corrected chi connectivity index (χ0v) is 10.5. The molecule has 0 saturated carbocycles. The van der Waals surface area contributed by atoms with Crippen LogP contribution in [0, 0.1) is 0 Å². The number of nitrogens with zero attached hydrogens (tertiary/aromatic N) is 2. The monoisotopic (exact) mass is 246 g/mol. The number of aliphatic hydroxyl groups excluding tert-OH is 1. The van der Waals surface area contributed by atoms with Gasteiger partial charge in [-0.15, -0.1) is 0 Å². The number of aromatic nitrogens is 2. The van der Waals surface area contributed by atoms with Gasteiger partial charge in [-0.05, 0) is 31.0 Å². The van der Waals surface area contributed by atoms with E-state index in [2.05, 4.69) is 5.10 Å². The first-order valence-corrected chi connectivity index (χ1v) is 6.20. The first-order valence-electron chi connectivity index (χ1n) is 6.20. The Hall–Kier alpha value is -1.81. The van der Waals surface area contributed by atoms with E-state index in [0.717, 1.165) is 29.8 Å². The molecule has 0 amide bonds. The predicted octanol–water partition coefficient (Wildman–Crippen LogP) is 2.33. The molecule has 0 atom stereocenters. The van der Waals surface area contributed by atoms with Crippen molar-refractivity contribution in [1.82, 2.24) is 9.78 Å². The number of benzene rings is 1. The highest BCUT2D eigenvalue weighted by molar-refractivity contribution is 5.62. The molecule has 2 rings (SSSR count). The summed E-state index contributed by atoms with van der Waals surface area (Å²) in [5.41, 5.74) is 2.20. The van der Waals surface area contributed by atoms with Gasteiger partial charge < -0.3 is 9.84 Å². The largest absolute Gasteiger partial charge is 0.494 e. The topological polar surface area (TPSA) is 47.3 Å². The summed E-state index contributed by atoms with van der Waals surface area (Å²) in [5.74, 6) is 0.883. The van der Waals surface area contributed by atoms with Crippen molar-refractivity contribution in [2.45, 2.75) is 19.9 Å². The lowest BCUT2D eigenvalue weighted by Crippen LogP contribution is -1.99. The van der Waals surface area contributed by atoms with E-state index in [9.17, 15) is 0 Å². The average Bonchev–Trinajstić information content (AvgIpc) is 2.86. The fraction of sp³-hybridized carbons (Fsp3) is 0.357. The SMILES string of the molecule is CCOc1ccc(-c2cnn(CCCO)c2)cc1. The Kier molecular flexibility index (Phi) is 4.36. The van der Waals surface area contributed by atoms with Crippen molar-refractivity contribution in [3.05, 3.63) is 36.7 Å². The van der Waals surface area contributed by atoms with Crippen molar-refractivity contribution in [3.8, 4) is 16.9 Å². The lowest BCUT2D eigenvalue weighted by atomic mass is 10.1. The van der Waals surface area contributed by atoms with Crippen LogP contribution < -0.4 is 4.74 Å². The number of aliphatic hydroxyl groups is 1. The minimum atomic E-state index is 0.193. The van der Waals surface area contributed by atoms with Crippen LogP contribution in [0.3, 0.4) is 0 Å². The van der Waals surface area contributed by atoms with Crippen molar-refractivity contribution >= 4 is 0 Å². The summed E-state index contributed by atoms with van der Waals surface area (Å²) in [7, 11) is 0. The lowest BCUT2D eigenvalue weighted by Gasteiger charge is -2.03. The average molecular weight is 246 g/mol. The molecule has 1 aromatic heterocycles. The summed E-state index contributed by atoms with van der Waals surface area (Å²) in [4.78, 5) is 0. The number of aryl methyl sites for hydroxylation is 1. The Bertz CT molecular complexity index is 477. The predicted molar refractivity (Wildman–Crippen MR) is 70.5 cm³/mol. The number of hydrogen-bond acceptors (Lipinski definition) is 3. The summed E-state index contributed by atoms with van der Waals surface area (Å²) in [5, 5.41) is 13.0. The summed E-state index contributed by atoms with van der Waals surface area (Å²) in [6.07, 6.45) is 4.56. The van der Waals surface area contributed by atoms with Crippen LogP contribution in [0.1, 0.15) is 13.3 Å². The Morgan fingerprint density at radius 3 is 2.67 bits per heavy atom. The van der Waals surface area contributed by atoms with Crippen molar-refractivity contribution in [2.24, 2.45) is 0 Å². The fourth-order valence-corrected chi connectivity index (χ4v) is 1.78. The highest BCUT2D eigenvalue weighted by Crippen LogP contribution is 2.21. The molecule has 0 aliphatic carbocycles. The maximum Gasteiger partial charge on any atom is 0.119 e. The van der Waals surface area contributed by atoms with Crippen molar-refractivity contribution < 1.29 is 9.84 Å². The second kappa shape index (κ2) is 6.21. The van der Waals surface area contributed by atoms with Gasteiger partial charge in [-0.1, -0.05) is 12.1 Å². The third-order valence-electron chi connectivity index (χ3n) is 2.68. The Balaban J connectivity index is 2.08. The van der Waals surface area contributed by atoms with Crippen LogP contribution in [0.25, 0.3) is 11.1 Å². The van der Waals surface area contributed by atoms with E-state index >= 15 is 0 Å². The molecule has 1 N–H and O–H groups in total. The molecular formula is C14H18N2O2. The van der Waals surface area contributed by atoms with Gasteiger partial charge in [0.25, 0.3) is 0 Å². The van der Waals surface area contributed by atoms with Gasteiger partial charge in [0.15, 0.2) is 0 Å².